The van der Waals surface area contributed by atoms with E-state index in [9.17, 15) is 9.59 Å². The Bertz CT molecular complexity index is 610. The van der Waals surface area contributed by atoms with E-state index in [-0.39, 0.29) is 11.9 Å². The van der Waals surface area contributed by atoms with Gasteiger partial charge in [0.1, 0.15) is 5.60 Å². The Balaban J connectivity index is 2.48. The lowest BCUT2D eigenvalue weighted by Gasteiger charge is -2.26. The Kier molecular flexibility index (Phi) is 9.71. The van der Waals surface area contributed by atoms with Gasteiger partial charge in [-0.15, -0.1) is 0 Å². The van der Waals surface area contributed by atoms with E-state index in [2.05, 4.69) is 20.8 Å². The average molecular weight is 391 g/mol. The number of hydrogen-bond donors (Lipinski definition) is 0. The molecule has 0 aromatic heterocycles. The summed E-state index contributed by atoms with van der Waals surface area (Å²) in [5, 5.41) is 0. The van der Waals surface area contributed by atoms with E-state index in [0.717, 1.165) is 32.1 Å². The topological polar surface area (TPSA) is 52.6 Å². The lowest BCUT2D eigenvalue weighted by atomic mass is 9.80. The zero-order chi connectivity index (χ0) is 21.2. The fourth-order valence-electron chi connectivity index (χ4n) is 2.93. The van der Waals surface area contributed by atoms with Gasteiger partial charge >= 0.3 is 11.9 Å². The molecule has 0 amide bonds. The van der Waals surface area contributed by atoms with Gasteiger partial charge in [0, 0.05) is 0 Å². The lowest BCUT2D eigenvalue weighted by molar-refractivity contribution is -0.0131. The number of ether oxygens (including phenoxy) is 2. The van der Waals surface area contributed by atoms with Crippen LogP contribution in [0.1, 0.15) is 107 Å². The highest BCUT2D eigenvalue weighted by atomic mass is 16.6. The molecule has 0 spiro atoms. The molecule has 0 radical (unpaired) electrons. The molecule has 0 unspecified atom stereocenters. The Morgan fingerprint density at radius 3 is 1.75 bits per heavy atom. The summed E-state index contributed by atoms with van der Waals surface area (Å²) in [6.07, 6.45) is 6.96. The van der Waals surface area contributed by atoms with E-state index >= 15 is 0 Å². The molecule has 0 heterocycles. The molecular formula is C24H38O4. The summed E-state index contributed by atoms with van der Waals surface area (Å²) in [5.74, 6) is -0.707. The molecule has 4 nitrogen and oxygen atoms in total. The van der Waals surface area contributed by atoms with Gasteiger partial charge in [0.2, 0.25) is 0 Å². The second kappa shape index (κ2) is 11.2. The standard InChI is InChI=1S/C24H38O4/c1-7-23(5,8-2)17-11-12-18-27-21(25)19-13-15-20(16-14-19)22(26)28-24(6,9-3)10-4/h13-16H,7-12,17-18H2,1-6H3. The first-order valence-corrected chi connectivity index (χ1v) is 10.7. The molecular weight excluding hydrogens is 352 g/mol. The lowest BCUT2D eigenvalue weighted by Crippen LogP contribution is -2.30. The summed E-state index contributed by atoms with van der Waals surface area (Å²) >= 11 is 0. The van der Waals surface area contributed by atoms with E-state index in [1.807, 2.05) is 20.8 Å². The number of esters is 2. The quantitative estimate of drug-likeness (QED) is 0.299. The fraction of sp³-hybridized carbons (Fsp3) is 0.667. The van der Waals surface area contributed by atoms with Gasteiger partial charge in [0.25, 0.3) is 0 Å². The molecule has 1 aromatic carbocycles. The monoisotopic (exact) mass is 390 g/mol. The third-order valence-electron chi connectivity index (χ3n) is 6.31. The van der Waals surface area contributed by atoms with E-state index < -0.39 is 5.60 Å². The van der Waals surface area contributed by atoms with Crippen molar-refractivity contribution in [3.63, 3.8) is 0 Å². The summed E-state index contributed by atoms with van der Waals surface area (Å²) < 4.78 is 11.0. The van der Waals surface area contributed by atoms with E-state index in [4.69, 9.17) is 9.47 Å². The van der Waals surface area contributed by atoms with Crippen LogP contribution in [0.4, 0.5) is 0 Å². The van der Waals surface area contributed by atoms with Gasteiger partial charge in [0.15, 0.2) is 0 Å². The van der Waals surface area contributed by atoms with Gasteiger partial charge in [-0.25, -0.2) is 9.59 Å². The molecule has 0 atom stereocenters. The third-order valence-corrected chi connectivity index (χ3v) is 6.31. The number of benzene rings is 1. The highest BCUT2D eigenvalue weighted by Crippen LogP contribution is 2.31. The van der Waals surface area contributed by atoms with Crippen LogP contribution in [-0.2, 0) is 9.47 Å². The number of carbonyl (C=O) groups excluding carboxylic acids is 2. The highest BCUT2D eigenvalue weighted by molar-refractivity contribution is 5.93. The van der Waals surface area contributed by atoms with Gasteiger partial charge in [-0.1, -0.05) is 47.5 Å². The number of unbranched alkanes of at least 4 members (excludes halogenated alkanes) is 1. The minimum atomic E-state index is -0.458. The van der Waals surface area contributed by atoms with Crippen LogP contribution in [0.5, 0.6) is 0 Å². The number of carbonyl (C=O) groups is 2. The zero-order valence-corrected chi connectivity index (χ0v) is 18.6. The van der Waals surface area contributed by atoms with Gasteiger partial charge in [-0.3, -0.25) is 0 Å². The maximum Gasteiger partial charge on any atom is 0.338 e. The van der Waals surface area contributed by atoms with E-state index in [1.165, 1.54) is 12.8 Å². The van der Waals surface area contributed by atoms with Gasteiger partial charge < -0.3 is 9.47 Å². The second-order valence-electron chi connectivity index (χ2n) is 8.23. The van der Waals surface area contributed by atoms with Crippen molar-refractivity contribution in [1.82, 2.24) is 0 Å². The van der Waals surface area contributed by atoms with Crippen LogP contribution in [0.3, 0.4) is 0 Å². The van der Waals surface area contributed by atoms with Gasteiger partial charge in [0.05, 0.1) is 17.7 Å². The van der Waals surface area contributed by atoms with Crippen LogP contribution in [0.2, 0.25) is 0 Å². The molecule has 1 rings (SSSR count). The molecule has 0 bridgehead atoms. The Morgan fingerprint density at radius 1 is 0.786 bits per heavy atom. The summed E-state index contributed by atoms with van der Waals surface area (Å²) in [6, 6.07) is 6.50. The third kappa shape index (κ3) is 7.29. The van der Waals surface area contributed by atoms with Crippen LogP contribution in [0, 0.1) is 5.41 Å². The molecule has 4 heteroatoms. The molecule has 0 saturated carbocycles. The first kappa shape index (κ1) is 24.2. The van der Waals surface area contributed by atoms with Crippen molar-refractivity contribution >= 4 is 11.9 Å². The fourth-order valence-corrected chi connectivity index (χ4v) is 2.93. The molecule has 158 valence electrons. The molecule has 0 aliphatic carbocycles. The Hall–Kier alpha value is -1.84. The zero-order valence-electron chi connectivity index (χ0n) is 18.6. The highest BCUT2D eigenvalue weighted by Gasteiger charge is 2.25. The smallest absolute Gasteiger partial charge is 0.338 e. The molecule has 28 heavy (non-hydrogen) atoms. The molecule has 0 saturated heterocycles. The molecule has 0 aliphatic heterocycles. The SMILES string of the molecule is CCC(C)(CC)CCCCOC(=O)c1ccc(C(=O)OC(C)(CC)CC)cc1. The van der Waals surface area contributed by atoms with Crippen molar-refractivity contribution in [1.29, 1.82) is 0 Å². The first-order chi connectivity index (χ1) is 13.2. The predicted molar refractivity (Wildman–Crippen MR) is 114 cm³/mol. The molecule has 0 N–H and O–H groups in total. The maximum absolute atomic E-state index is 12.3. The molecule has 0 aliphatic rings. The first-order valence-electron chi connectivity index (χ1n) is 10.7. The molecule has 1 aromatic rings. The van der Waals surface area contributed by atoms with Crippen LogP contribution >= 0.6 is 0 Å². The summed E-state index contributed by atoms with van der Waals surface area (Å²) in [7, 11) is 0. The van der Waals surface area contributed by atoms with Crippen molar-refractivity contribution in [3.8, 4) is 0 Å². The van der Waals surface area contributed by atoms with E-state index in [1.54, 1.807) is 24.3 Å². The van der Waals surface area contributed by atoms with Crippen LogP contribution in [0.15, 0.2) is 24.3 Å². The van der Waals surface area contributed by atoms with Crippen LogP contribution in [-0.4, -0.2) is 24.1 Å². The number of hydrogen-bond acceptors (Lipinski definition) is 4. The Morgan fingerprint density at radius 2 is 1.29 bits per heavy atom. The van der Waals surface area contributed by atoms with Gasteiger partial charge in [-0.05, 0) is 68.7 Å². The second-order valence-corrected chi connectivity index (χ2v) is 8.23. The summed E-state index contributed by atoms with van der Waals surface area (Å²) in [6.45, 7) is 13.1. The molecule has 0 fully saturated rings. The van der Waals surface area contributed by atoms with Gasteiger partial charge in [-0.2, -0.15) is 0 Å². The average Bonchev–Trinajstić information content (AvgIpc) is 2.73. The summed E-state index contributed by atoms with van der Waals surface area (Å²) in [4.78, 5) is 24.5. The van der Waals surface area contributed by atoms with Crippen molar-refractivity contribution in [2.75, 3.05) is 6.61 Å². The van der Waals surface area contributed by atoms with Crippen LogP contribution < -0.4 is 0 Å². The van der Waals surface area contributed by atoms with E-state index in [0.29, 0.717) is 23.1 Å². The van der Waals surface area contributed by atoms with Crippen LogP contribution in [0.25, 0.3) is 0 Å². The number of rotatable bonds is 12. The summed E-state index contributed by atoms with van der Waals surface area (Å²) in [5.41, 5.74) is 0.834. The minimum Gasteiger partial charge on any atom is -0.462 e. The largest absolute Gasteiger partial charge is 0.462 e. The van der Waals surface area contributed by atoms with Crippen molar-refractivity contribution in [2.45, 2.75) is 92.1 Å². The predicted octanol–water partition coefficient (Wildman–Crippen LogP) is 6.58. The normalized spacial score (nSPS) is 11.9. The van der Waals surface area contributed by atoms with Crippen molar-refractivity contribution in [3.05, 3.63) is 35.4 Å². The Labute approximate surface area is 171 Å². The minimum absolute atomic E-state index is 0.347. The maximum atomic E-state index is 12.3. The van der Waals surface area contributed by atoms with Crippen molar-refractivity contribution in [2.24, 2.45) is 5.41 Å². The van der Waals surface area contributed by atoms with Crippen molar-refractivity contribution < 1.29 is 19.1 Å².